The molecule has 1 heterocycles. The number of aliphatic hydroxyl groups excluding tert-OH is 1. The van der Waals surface area contributed by atoms with Gasteiger partial charge in [-0.1, -0.05) is 30.3 Å². The smallest absolute Gasteiger partial charge is 0.232 e. The molecule has 2 amide bonds. The maximum Gasteiger partial charge on any atom is 0.232 e. The van der Waals surface area contributed by atoms with Crippen molar-refractivity contribution in [3.8, 4) is 0 Å². The summed E-state index contributed by atoms with van der Waals surface area (Å²) in [7, 11) is 0. The minimum Gasteiger partial charge on any atom is -0.386 e. The van der Waals surface area contributed by atoms with Crippen LogP contribution in [0.15, 0.2) is 48.5 Å². The molecule has 2 aromatic carbocycles. The number of halogens is 1. The summed E-state index contributed by atoms with van der Waals surface area (Å²) in [5.74, 6) is -1.46. The Morgan fingerprint density at radius 3 is 2.64 bits per heavy atom. The quantitative estimate of drug-likeness (QED) is 0.781. The van der Waals surface area contributed by atoms with Gasteiger partial charge < -0.3 is 15.7 Å². The zero-order valence-corrected chi connectivity index (χ0v) is 13.7. The Bertz CT molecular complexity index is 792. The molecule has 0 aromatic heterocycles. The van der Waals surface area contributed by atoms with Crippen LogP contribution in [0.5, 0.6) is 0 Å². The molecular formula is C19H19FN2O3. The van der Waals surface area contributed by atoms with Crippen LogP contribution in [0, 0.1) is 5.82 Å². The summed E-state index contributed by atoms with van der Waals surface area (Å²) in [6.45, 7) is 1.66. The van der Waals surface area contributed by atoms with Crippen molar-refractivity contribution in [1.29, 1.82) is 0 Å². The first-order chi connectivity index (χ1) is 12.0. The third-order valence-corrected chi connectivity index (χ3v) is 4.37. The number of carbonyl (C=O) groups excluding carboxylic acids is 2. The van der Waals surface area contributed by atoms with Crippen LogP contribution in [0.25, 0.3) is 0 Å². The van der Waals surface area contributed by atoms with Gasteiger partial charge in [-0.2, -0.15) is 0 Å². The highest BCUT2D eigenvalue weighted by Crippen LogP contribution is 2.34. The highest BCUT2D eigenvalue weighted by Gasteiger charge is 2.32. The van der Waals surface area contributed by atoms with Crippen LogP contribution in [-0.4, -0.2) is 23.0 Å². The second-order valence-corrected chi connectivity index (χ2v) is 6.19. The molecule has 0 radical (unpaired) electrons. The van der Waals surface area contributed by atoms with Gasteiger partial charge in [-0.15, -0.1) is 0 Å². The molecule has 0 spiro atoms. The van der Waals surface area contributed by atoms with Crippen LogP contribution < -0.4 is 10.6 Å². The van der Waals surface area contributed by atoms with E-state index in [-0.39, 0.29) is 18.2 Å². The first kappa shape index (κ1) is 17.1. The van der Waals surface area contributed by atoms with Gasteiger partial charge in [0.05, 0.1) is 18.1 Å². The number of fused-ring (bicyclic) bond motifs is 1. The van der Waals surface area contributed by atoms with E-state index in [9.17, 15) is 19.1 Å². The lowest BCUT2D eigenvalue weighted by Gasteiger charge is -2.21. The number of anilines is 1. The van der Waals surface area contributed by atoms with Crippen molar-refractivity contribution >= 4 is 17.5 Å². The lowest BCUT2D eigenvalue weighted by Crippen LogP contribution is -2.38. The molecule has 5 nitrogen and oxygen atoms in total. The molecule has 0 saturated heterocycles. The van der Waals surface area contributed by atoms with E-state index in [0.717, 1.165) is 11.3 Å². The molecule has 0 aliphatic carbocycles. The summed E-state index contributed by atoms with van der Waals surface area (Å²) >= 11 is 0. The van der Waals surface area contributed by atoms with Crippen LogP contribution in [0.3, 0.4) is 0 Å². The molecule has 25 heavy (non-hydrogen) atoms. The molecule has 1 aliphatic heterocycles. The molecular weight excluding hydrogens is 323 g/mol. The zero-order valence-electron chi connectivity index (χ0n) is 13.7. The zero-order chi connectivity index (χ0) is 18.0. The average Bonchev–Trinajstić information content (AvgIpc) is 2.90. The fourth-order valence-electron chi connectivity index (χ4n) is 3.00. The van der Waals surface area contributed by atoms with E-state index in [2.05, 4.69) is 10.6 Å². The minimum atomic E-state index is -0.964. The molecule has 3 atom stereocenters. The molecule has 130 valence electrons. The molecule has 3 N–H and O–H groups in total. The normalized spacial score (nSPS) is 18.2. The SMILES string of the molecule is CC(NC(=O)CC1C(=O)Nc2ccccc21)C(O)c1ccc(F)cc1. The van der Waals surface area contributed by atoms with Crippen molar-refractivity contribution in [2.24, 2.45) is 0 Å². The topological polar surface area (TPSA) is 78.4 Å². The average molecular weight is 342 g/mol. The van der Waals surface area contributed by atoms with E-state index in [1.807, 2.05) is 18.2 Å². The van der Waals surface area contributed by atoms with Gasteiger partial charge in [0.2, 0.25) is 11.8 Å². The summed E-state index contributed by atoms with van der Waals surface area (Å²) in [6, 6.07) is 12.2. The van der Waals surface area contributed by atoms with Crippen molar-refractivity contribution in [1.82, 2.24) is 5.32 Å². The Labute approximate surface area is 144 Å². The number of nitrogens with one attached hydrogen (secondary N) is 2. The second-order valence-electron chi connectivity index (χ2n) is 6.19. The summed E-state index contributed by atoms with van der Waals surface area (Å²) < 4.78 is 13.0. The fraction of sp³-hybridized carbons (Fsp3) is 0.263. The number of hydrogen-bond donors (Lipinski definition) is 3. The largest absolute Gasteiger partial charge is 0.386 e. The lowest BCUT2D eigenvalue weighted by molar-refractivity contribution is -0.126. The van der Waals surface area contributed by atoms with Gasteiger partial charge >= 0.3 is 0 Å². The molecule has 0 saturated carbocycles. The standard InChI is InChI=1S/C19H19FN2O3/c1-11(18(24)12-6-8-13(20)9-7-12)21-17(23)10-15-14-4-2-3-5-16(14)22-19(15)25/h2-9,11,15,18,24H,10H2,1H3,(H,21,23)(H,22,25). The summed E-state index contributed by atoms with van der Waals surface area (Å²) in [5, 5.41) is 15.7. The second kappa shape index (κ2) is 7.03. The maximum atomic E-state index is 13.0. The molecule has 3 unspecified atom stereocenters. The Morgan fingerprint density at radius 1 is 1.24 bits per heavy atom. The summed E-state index contributed by atoms with van der Waals surface area (Å²) in [6.07, 6.45) is -0.960. The lowest BCUT2D eigenvalue weighted by atomic mass is 9.96. The van der Waals surface area contributed by atoms with Crippen LogP contribution in [-0.2, 0) is 9.59 Å². The maximum absolute atomic E-state index is 13.0. The first-order valence-corrected chi connectivity index (χ1v) is 8.08. The van der Waals surface area contributed by atoms with Crippen LogP contribution in [0.1, 0.15) is 36.5 Å². The molecule has 0 bridgehead atoms. The third kappa shape index (κ3) is 3.69. The molecule has 6 heteroatoms. The van der Waals surface area contributed by atoms with E-state index in [1.165, 1.54) is 24.3 Å². The minimum absolute atomic E-state index is 0.00330. The van der Waals surface area contributed by atoms with Crippen molar-refractivity contribution in [3.63, 3.8) is 0 Å². The van der Waals surface area contributed by atoms with E-state index in [4.69, 9.17) is 0 Å². The molecule has 1 aliphatic rings. The number of amides is 2. The summed E-state index contributed by atoms with van der Waals surface area (Å²) in [5.41, 5.74) is 2.04. The number of benzene rings is 2. The van der Waals surface area contributed by atoms with Gasteiger partial charge in [0, 0.05) is 12.1 Å². The third-order valence-electron chi connectivity index (χ3n) is 4.37. The van der Waals surface area contributed by atoms with Gasteiger partial charge in [-0.25, -0.2) is 4.39 Å². The van der Waals surface area contributed by atoms with Gasteiger partial charge in [-0.05, 0) is 36.2 Å². The van der Waals surface area contributed by atoms with Crippen molar-refractivity contribution in [3.05, 3.63) is 65.5 Å². The number of rotatable bonds is 5. The van der Waals surface area contributed by atoms with E-state index < -0.39 is 23.9 Å². The highest BCUT2D eigenvalue weighted by atomic mass is 19.1. The van der Waals surface area contributed by atoms with Gasteiger partial charge in [0.25, 0.3) is 0 Å². The van der Waals surface area contributed by atoms with E-state index in [0.29, 0.717) is 5.56 Å². The molecule has 3 rings (SSSR count). The van der Waals surface area contributed by atoms with Crippen LogP contribution in [0.4, 0.5) is 10.1 Å². The number of hydrogen-bond acceptors (Lipinski definition) is 3. The Morgan fingerprint density at radius 2 is 1.92 bits per heavy atom. The predicted molar refractivity (Wildman–Crippen MR) is 91.4 cm³/mol. The summed E-state index contributed by atoms with van der Waals surface area (Å²) in [4.78, 5) is 24.4. The Kier molecular flexibility index (Phi) is 4.81. The van der Waals surface area contributed by atoms with Crippen LogP contribution in [0.2, 0.25) is 0 Å². The van der Waals surface area contributed by atoms with Crippen molar-refractivity contribution in [2.45, 2.75) is 31.4 Å². The van der Waals surface area contributed by atoms with Gasteiger partial charge in [-0.3, -0.25) is 9.59 Å². The fourth-order valence-corrected chi connectivity index (χ4v) is 3.00. The Hall–Kier alpha value is -2.73. The number of para-hydroxylation sites is 1. The van der Waals surface area contributed by atoms with Crippen LogP contribution >= 0.6 is 0 Å². The van der Waals surface area contributed by atoms with E-state index in [1.54, 1.807) is 13.0 Å². The van der Waals surface area contributed by atoms with Gasteiger partial charge in [0.1, 0.15) is 5.82 Å². The number of carbonyl (C=O) groups is 2. The van der Waals surface area contributed by atoms with Crippen molar-refractivity contribution in [2.75, 3.05) is 5.32 Å². The van der Waals surface area contributed by atoms with Crippen molar-refractivity contribution < 1.29 is 19.1 Å². The highest BCUT2D eigenvalue weighted by molar-refractivity contribution is 6.04. The Balaban J connectivity index is 1.62. The number of aliphatic hydroxyl groups is 1. The predicted octanol–water partition coefficient (Wildman–Crippen LogP) is 2.49. The monoisotopic (exact) mass is 342 g/mol. The molecule has 0 fully saturated rings. The van der Waals surface area contributed by atoms with Gasteiger partial charge in [0.15, 0.2) is 0 Å². The van der Waals surface area contributed by atoms with E-state index >= 15 is 0 Å². The first-order valence-electron chi connectivity index (χ1n) is 8.08. The molecule has 2 aromatic rings.